The van der Waals surface area contributed by atoms with E-state index in [2.05, 4.69) is 29.7 Å². The molecule has 1 aromatic carbocycles. The molecule has 1 saturated carbocycles. The molecule has 2 atom stereocenters. The van der Waals surface area contributed by atoms with Crippen molar-refractivity contribution in [2.24, 2.45) is 5.92 Å². The summed E-state index contributed by atoms with van der Waals surface area (Å²) in [5.41, 5.74) is 1.03. The molecule has 24 heavy (non-hydrogen) atoms. The van der Waals surface area contributed by atoms with Crippen LogP contribution in [0.4, 0.5) is 0 Å². The summed E-state index contributed by atoms with van der Waals surface area (Å²) in [5.74, 6) is 1.23. The molecule has 0 bridgehead atoms. The number of carbonyl (C=O) groups is 1. The fourth-order valence-corrected chi connectivity index (χ4v) is 4.08. The SMILES string of the molecule is COc1ccc(C2(NC(=O)[C@H]3CCN[C@@H](C)C3)CCCC2)cc1.Cl. The number of piperidine rings is 1. The number of rotatable bonds is 4. The molecule has 1 heterocycles. The number of halogens is 1. The van der Waals surface area contributed by atoms with E-state index in [1.807, 2.05) is 12.1 Å². The van der Waals surface area contributed by atoms with Gasteiger partial charge in [-0.1, -0.05) is 25.0 Å². The number of ether oxygens (including phenoxy) is 1. The number of nitrogens with one attached hydrogen (secondary N) is 2. The summed E-state index contributed by atoms with van der Waals surface area (Å²) in [4.78, 5) is 12.8. The molecule has 1 amide bonds. The van der Waals surface area contributed by atoms with E-state index in [9.17, 15) is 4.79 Å². The summed E-state index contributed by atoms with van der Waals surface area (Å²) in [6, 6.07) is 8.63. The first kappa shape index (κ1) is 19.1. The summed E-state index contributed by atoms with van der Waals surface area (Å²) in [6.45, 7) is 3.10. The molecule has 2 fully saturated rings. The van der Waals surface area contributed by atoms with Gasteiger partial charge in [-0.3, -0.25) is 4.79 Å². The van der Waals surface area contributed by atoms with Gasteiger partial charge in [0.05, 0.1) is 12.6 Å². The number of benzene rings is 1. The summed E-state index contributed by atoms with van der Waals surface area (Å²) < 4.78 is 5.26. The predicted octanol–water partition coefficient (Wildman–Crippen LogP) is 3.39. The molecule has 0 unspecified atom stereocenters. The van der Waals surface area contributed by atoms with E-state index in [0.717, 1.165) is 38.0 Å². The van der Waals surface area contributed by atoms with Crippen LogP contribution in [0, 0.1) is 5.92 Å². The lowest BCUT2D eigenvalue weighted by Gasteiger charge is -2.35. The lowest BCUT2D eigenvalue weighted by atomic mass is 9.85. The topological polar surface area (TPSA) is 50.4 Å². The summed E-state index contributed by atoms with van der Waals surface area (Å²) in [7, 11) is 1.68. The minimum Gasteiger partial charge on any atom is -0.497 e. The van der Waals surface area contributed by atoms with E-state index in [1.54, 1.807) is 7.11 Å². The third-order valence-electron chi connectivity index (χ3n) is 5.46. The van der Waals surface area contributed by atoms with E-state index in [4.69, 9.17) is 4.74 Å². The van der Waals surface area contributed by atoms with Gasteiger partial charge in [-0.25, -0.2) is 0 Å². The molecule has 134 valence electrons. The van der Waals surface area contributed by atoms with Gasteiger partial charge in [0.1, 0.15) is 5.75 Å². The molecule has 5 heteroatoms. The van der Waals surface area contributed by atoms with Crippen LogP contribution in [0.15, 0.2) is 24.3 Å². The van der Waals surface area contributed by atoms with Crippen molar-refractivity contribution in [2.45, 2.75) is 57.0 Å². The number of hydrogen-bond acceptors (Lipinski definition) is 3. The molecule has 4 nitrogen and oxygen atoms in total. The first-order valence-electron chi connectivity index (χ1n) is 8.83. The summed E-state index contributed by atoms with van der Waals surface area (Å²) >= 11 is 0. The Labute approximate surface area is 151 Å². The smallest absolute Gasteiger partial charge is 0.223 e. The molecule has 2 N–H and O–H groups in total. The van der Waals surface area contributed by atoms with Crippen LogP contribution in [-0.2, 0) is 10.3 Å². The lowest BCUT2D eigenvalue weighted by Crippen LogP contribution is -2.49. The average molecular weight is 353 g/mol. The fourth-order valence-electron chi connectivity index (χ4n) is 4.08. The molecule has 3 rings (SSSR count). The van der Waals surface area contributed by atoms with Crippen LogP contribution in [0.3, 0.4) is 0 Å². The van der Waals surface area contributed by atoms with Crippen LogP contribution in [0.1, 0.15) is 51.0 Å². The van der Waals surface area contributed by atoms with E-state index < -0.39 is 0 Å². The van der Waals surface area contributed by atoms with E-state index in [1.165, 1.54) is 18.4 Å². The Morgan fingerprint density at radius 2 is 1.92 bits per heavy atom. The zero-order chi connectivity index (χ0) is 16.3. The number of carbonyl (C=O) groups excluding carboxylic acids is 1. The average Bonchev–Trinajstić information content (AvgIpc) is 3.04. The van der Waals surface area contributed by atoms with Crippen molar-refractivity contribution in [3.8, 4) is 5.75 Å². The molecular formula is C19H29ClN2O2. The first-order chi connectivity index (χ1) is 11.1. The van der Waals surface area contributed by atoms with Crippen LogP contribution in [0.2, 0.25) is 0 Å². The molecule has 1 saturated heterocycles. The van der Waals surface area contributed by atoms with Crippen LogP contribution >= 0.6 is 12.4 Å². The van der Waals surface area contributed by atoms with Gasteiger partial charge in [0.25, 0.3) is 0 Å². The summed E-state index contributed by atoms with van der Waals surface area (Å²) in [6.07, 6.45) is 6.29. The molecular weight excluding hydrogens is 324 g/mol. The predicted molar refractivity (Wildman–Crippen MR) is 98.7 cm³/mol. The van der Waals surface area contributed by atoms with Gasteiger partial charge < -0.3 is 15.4 Å². The molecule has 1 aliphatic carbocycles. The van der Waals surface area contributed by atoms with Crippen LogP contribution in [-0.4, -0.2) is 25.6 Å². The Morgan fingerprint density at radius 3 is 2.50 bits per heavy atom. The second-order valence-electron chi connectivity index (χ2n) is 7.08. The summed E-state index contributed by atoms with van der Waals surface area (Å²) in [5, 5.41) is 6.85. The maximum Gasteiger partial charge on any atom is 0.223 e. The fraction of sp³-hybridized carbons (Fsp3) is 0.632. The Morgan fingerprint density at radius 1 is 1.25 bits per heavy atom. The van der Waals surface area contributed by atoms with Gasteiger partial charge in [-0.2, -0.15) is 0 Å². The van der Waals surface area contributed by atoms with Gasteiger partial charge in [0.2, 0.25) is 5.91 Å². The molecule has 0 radical (unpaired) electrons. The maximum absolute atomic E-state index is 12.8. The largest absolute Gasteiger partial charge is 0.497 e. The van der Waals surface area contributed by atoms with Crippen LogP contribution in [0.5, 0.6) is 5.75 Å². The minimum atomic E-state index is -0.183. The third-order valence-corrected chi connectivity index (χ3v) is 5.46. The van der Waals surface area contributed by atoms with E-state index in [0.29, 0.717) is 6.04 Å². The van der Waals surface area contributed by atoms with Crippen LogP contribution < -0.4 is 15.4 Å². The minimum absolute atomic E-state index is 0. The molecule has 2 aliphatic rings. The lowest BCUT2D eigenvalue weighted by molar-refractivity contribution is -0.128. The molecule has 0 aromatic heterocycles. The normalized spacial score (nSPS) is 25.6. The Bertz CT molecular complexity index is 541. The standard InChI is InChI=1S/C19H28N2O2.ClH/c1-14-13-15(9-12-20-14)18(22)21-19(10-3-4-11-19)16-5-7-17(23-2)8-6-16;/h5-8,14-15,20H,3-4,9-13H2,1-2H3,(H,21,22);1H/t14-,15-;/m0./s1. The highest BCUT2D eigenvalue weighted by molar-refractivity contribution is 5.85. The molecule has 0 spiro atoms. The van der Waals surface area contributed by atoms with Crippen LogP contribution in [0.25, 0.3) is 0 Å². The van der Waals surface area contributed by atoms with Crippen molar-refractivity contribution in [3.05, 3.63) is 29.8 Å². The maximum atomic E-state index is 12.8. The number of hydrogen-bond donors (Lipinski definition) is 2. The zero-order valence-electron chi connectivity index (χ0n) is 14.6. The number of amides is 1. The van der Waals surface area contributed by atoms with Gasteiger partial charge >= 0.3 is 0 Å². The van der Waals surface area contributed by atoms with Crippen molar-refractivity contribution in [2.75, 3.05) is 13.7 Å². The highest BCUT2D eigenvalue weighted by atomic mass is 35.5. The first-order valence-corrected chi connectivity index (χ1v) is 8.83. The Kier molecular flexibility index (Phi) is 6.53. The quantitative estimate of drug-likeness (QED) is 0.873. The Balaban J connectivity index is 0.00000208. The number of methoxy groups -OCH3 is 1. The van der Waals surface area contributed by atoms with Gasteiger partial charge in [-0.05, 0) is 56.8 Å². The van der Waals surface area contributed by atoms with E-state index >= 15 is 0 Å². The molecule has 1 aromatic rings. The van der Waals surface area contributed by atoms with Crippen molar-refractivity contribution >= 4 is 18.3 Å². The zero-order valence-corrected chi connectivity index (χ0v) is 15.5. The second-order valence-corrected chi connectivity index (χ2v) is 7.08. The third kappa shape index (κ3) is 4.04. The van der Waals surface area contributed by atoms with Crippen molar-refractivity contribution in [3.63, 3.8) is 0 Å². The van der Waals surface area contributed by atoms with Gasteiger partial charge in [0, 0.05) is 12.0 Å². The highest BCUT2D eigenvalue weighted by Gasteiger charge is 2.39. The van der Waals surface area contributed by atoms with Crippen molar-refractivity contribution in [1.82, 2.24) is 10.6 Å². The molecule has 1 aliphatic heterocycles. The van der Waals surface area contributed by atoms with Crippen molar-refractivity contribution < 1.29 is 9.53 Å². The van der Waals surface area contributed by atoms with E-state index in [-0.39, 0.29) is 29.8 Å². The monoisotopic (exact) mass is 352 g/mol. The van der Waals surface area contributed by atoms with Gasteiger partial charge in [-0.15, -0.1) is 12.4 Å². The Hall–Kier alpha value is -1.26. The highest BCUT2D eigenvalue weighted by Crippen LogP contribution is 2.39. The van der Waals surface area contributed by atoms with Crippen molar-refractivity contribution in [1.29, 1.82) is 0 Å². The van der Waals surface area contributed by atoms with Gasteiger partial charge in [0.15, 0.2) is 0 Å². The second kappa shape index (κ2) is 8.21.